The first-order valence-corrected chi connectivity index (χ1v) is 8.38. The van der Waals surface area contributed by atoms with E-state index in [4.69, 9.17) is 5.73 Å². The van der Waals surface area contributed by atoms with E-state index >= 15 is 0 Å². The molecular formula is C15H23N3O2S. The van der Waals surface area contributed by atoms with Crippen LogP contribution in [-0.2, 0) is 11.2 Å². The van der Waals surface area contributed by atoms with E-state index in [9.17, 15) is 9.59 Å². The van der Waals surface area contributed by atoms with E-state index < -0.39 is 6.03 Å². The molecule has 0 unspecified atom stereocenters. The highest BCUT2D eigenvalue weighted by atomic mass is 32.1. The van der Waals surface area contributed by atoms with E-state index in [0.29, 0.717) is 13.1 Å². The lowest BCUT2D eigenvalue weighted by Crippen LogP contribution is -2.50. The number of amides is 3. The summed E-state index contributed by atoms with van der Waals surface area (Å²) in [5.74, 6) is 0.0460. The maximum absolute atomic E-state index is 12.7. The third-order valence-corrected chi connectivity index (χ3v) is 4.77. The smallest absolute Gasteiger partial charge is 0.315 e. The molecule has 0 spiro atoms. The average molecular weight is 309 g/mol. The number of primary amides is 1. The molecule has 1 fully saturated rings. The summed E-state index contributed by atoms with van der Waals surface area (Å²) in [5.41, 5.74) is 5.37. The van der Waals surface area contributed by atoms with Crippen LogP contribution >= 0.6 is 11.3 Å². The molecule has 116 valence electrons. The number of carbonyl (C=O) groups excluding carboxylic acids is 2. The molecule has 0 radical (unpaired) electrons. The van der Waals surface area contributed by atoms with Crippen molar-refractivity contribution in [3.05, 3.63) is 22.4 Å². The fourth-order valence-corrected chi connectivity index (χ4v) is 3.50. The van der Waals surface area contributed by atoms with Crippen molar-refractivity contribution in [3.63, 3.8) is 0 Å². The first kappa shape index (κ1) is 15.8. The van der Waals surface area contributed by atoms with Crippen LogP contribution in [0.25, 0.3) is 0 Å². The molecule has 1 aliphatic rings. The van der Waals surface area contributed by atoms with Crippen molar-refractivity contribution < 1.29 is 9.59 Å². The van der Waals surface area contributed by atoms with Crippen LogP contribution in [0, 0.1) is 0 Å². The molecule has 1 atom stereocenters. The second-order valence-corrected chi connectivity index (χ2v) is 6.38. The minimum absolute atomic E-state index is 0.0460. The molecule has 0 aromatic carbocycles. The van der Waals surface area contributed by atoms with Crippen molar-refractivity contribution in [3.8, 4) is 0 Å². The van der Waals surface area contributed by atoms with Gasteiger partial charge in [0, 0.05) is 24.5 Å². The van der Waals surface area contributed by atoms with Crippen LogP contribution in [0.4, 0.5) is 4.79 Å². The largest absolute Gasteiger partial charge is 0.351 e. The second-order valence-electron chi connectivity index (χ2n) is 5.34. The van der Waals surface area contributed by atoms with Crippen LogP contribution in [0.5, 0.6) is 0 Å². The lowest BCUT2D eigenvalue weighted by Gasteiger charge is -2.29. The van der Waals surface area contributed by atoms with Crippen LogP contribution < -0.4 is 5.73 Å². The molecular weight excluding hydrogens is 286 g/mol. The van der Waals surface area contributed by atoms with Gasteiger partial charge in [-0.15, -0.1) is 11.3 Å². The van der Waals surface area contributed by atoms with Crippen molar-refractivity contribution in [1.82, 2.24) is 9.80 Å². The molecule has 1 saturated heterocycles. The summed E-state index contributed by atoms with van der Waals surface area (Å²) in [6.07, 6.45) is 3.36. The number of rotatable bonds is 6. The van der Waals surface area contributed by atoms with Crippen LogP contribution in [0.1, 0.15) is 31.1 Å². The first-order chi connectivity index (χ1) is 10.1. The van der Waals surface area contributed by atoms with Crippen molar-refractivity contribution >= 4 is 23.3 Å². The summed E-state index contributed by atoms with van der Waals surface area (Å²) < 4.78 is 0. The monoisotopic (exact) mass is 309 g/mol. The molecule has 0 saturated carbocycles. The molecule has 2 N–H and O–H groups in total. The Morgan fingerprint density at radius 1 is 1.48 bits per heavy atom. The van der Waals surface area contributed by atoms with Gasteiger partial charge < -0.3 is 15.5 Å². The molecule has 2 heterocycles. The van der Waals surface area contributed by atoms with Gasteiger partial charge in [0.2, 0.25) is 5.91 Å². The van der Waals surface area contributed by atoms with Crippen molar-refractivity contribution in [1.29, 1.82) is 0 Å². The highest BCUT2D eigenvalue weighted by Gasteiger charge is 2.35. The van der Waals surface area contributed by atoms with Gasteiger partial charge in [-0.2, -0.15) is 0 Å². The molecule has 0 bridgehead atoms. The van der Waals surface area contributed by atoms with E-state index in [0.717, 1.165) is 32.2 Å². The Morgan fingerprint density at radius 3 is 2.90 bits per heavy atom. The SMILES string of the molecule is CCCN(CCc1cccs1)C(=O)[C@@H]1CCCN1C(N)=O. The number of carbonyl (C=O) groups is 2. The van der Waals surface area contributed by atoms with E-state index in [2.05, 4.69) is 13.0 Å². The highest BCUT2D eigenvalue weighted by Crippen LogP contribution is 2.20. The Hall–Kier alpha value is -1.56. The Kier molecular flexibility index (Phi) is 5.61. The predicted octanol–water partition coefficient (Wildman–Crippen LogP) is 2.07. The normalized spacial score (nSPS) is 18.0. The Labute approximate surface area is 129 Å². The fraction of sp³-hybridized carbons (Fsp3) is 0.600. The lowest BCUT2D eigenvalue weighted by atomic mass is 10.1. The highest BCUT2D eigenvalue weighted by molar-refractivity contribution is 7.09. The first-order valence-electron chi connectivity index (χ1n) is 7.50. The Bertz CT molecular complexity index is 475. The standard InChI is InChI=1S/C15H23N3O2S/c1-2-8-17(10-7-12-5-4-11-21-12)14(19)13-6-3-9-18(13)15(16)20/h4-5,11,13H,2-3,6-10H2,1H3,(H2,16,20)/t13-/m0/s1. The number of hydrogen-bond acceptors (Lipinski definition) is 3. The third-order valence-electron chi connectivity index (χ3n) is 3.83. The molecule has 0 aliphatic carbocycles. The minimum atomic E-state index is -0.486. The number of urea groups is 1. The maximum Gasteiger partial charge on any atom is 0.315 e. The maximum atomic E-state index is 12.7. The Morgan fingerprint density at radius 2 is 2.29 bits per heavy atom. The lowest BCUT2D eigenvalue weighted by molar-refractivity contribution is -0.135. The second kappa shape index (κ2) is 7.45. The Balaban J connectivity index is 1.99. The molecule has 1 aliphatic heterocycles. The van der Waals surface area contributed by atoms with E-state index in [-0.39, 0.29) is 11.9 Å². The van der Waals surface area contributed by atoms with Crippen LogP contribution in [0.2, 0.25) is 0 Å². The van der Waals surface area contributed by atoms with Gasteiger partial charge in [-0.1, -0.05) is 13.0 Å². The van der Waals surface area contributed by atoms with Crippen molar-refractivity contribution in [2.75, 3.05) is 19.6 Å². The number of likely N-dealkylation sites (tertiary alicyclic amines) is 1. The van der Waals surface area contributed by atoms with E-state index in [1.54, 1.807) is 11.3 Å². The van der Waals surface area contributed by atoms with Gasteiger partial charge in [0.1, 0.15) is 6.04 Å². The minimum Gasteiger partial charge on any atom is -0.351 e. The molecule has 1 aromatic heterocycles. The summed E-state index contributed by atoms with van der Waals surface area (Å²) in [4.78, 5) is 28.8. The summed E-state index contributed by atoms with van der Waals surface area (Å²) in [5, 5.41) is 2.05. The van der Waals surface area contributed by atoms with Crippen LogP contribution in [0.3, 0.4) is 0 Å². The summed E-state index contributed by atoms with van der Waals surface area (Å²) in [6.45, 7) is 4.09. The summed E-state index contributed by atoms with van der Waals surface area (Å²) in [7, 11) is 0. The number of thiophene rings is 1. The molecule has 5 nitrogen and oxygen atoms in total. The summed E-state index contributed by atoms with van der Waals surface area (Å²) >= 11 is 1.71. The molecule has 3 amide bonds. The molecule has 6 heteroatoms. The zero-order chi connectivity index (χ0) is 15.2. The van der Waals surface area contributed by atoms with E-state index in [1.165, 1.54) is 9.78 Å². The van der Waals surface area contributed by atoms with Crippen molar-refractivity contribution in [2.24, 2.45) is 5.73 Å². The number of nitrogens with zero attached hydrogens (tertiary/aromatic N) is 2. The van der Waals surface area contributed by atoms with Gasteiger partial charge in [-0.3, -0.25) is 4.79 Å². The zero-order valence-corrected chi connectivity index (χ0v) is 13.3. The zero-order valence-electron chi connectivity index (χ0n) is 12.5. The van der Waals surface area contributed by atoms with Crippen LogP contribution in [-0.4, -0.2) is 47.4 Å². The number of hydrogen-bond donors (Lipinski definition) is 1. The molecule has 1 aromatic rings. The van der Waals surface area contributed by atoms with Gasteiger partial charge in [0.15, 0.2) is 0 Å². The number of nitrogens with two attached hydrogens (primary N) is 1. The van der Waals surface area contributed by atoms with Gasteiger partial charge in [-0.05, 0) is 37.1 Å². The molecule has 21 heavy (non-hydrogen) atoms. The van der Waals surface area contributed by atoms with Gasteiger partial charge >= 0.3 is 6.03 Å². The summed E-state index contributed by atoms with van der Waals surface area (Å²) in [6, 6.07) is 3.26. The van der Waals surface area contributed by atoms with Crippen LogP contribution in [0.15, 0.2) is 17.5 Å². The van der Waals surface area contributed by atoms with Gasteiger partial charge in [0.05, 0.1) is 0 Å². The van der Waals surface area contributed by atoms with Gasteiger partial charge in [0.25, 0.3) is 0 Å². The van der Waals surface area contributed by atoms with Gasteiger partial charge in [-0.25, -0.2) is 4.79 Å². The fourth-order valence-electron chi connectivity index (χ4n) is 2.80. The topological polar surface area (TPSA) is 66.6 Å². The quantitative estimate of drug-likeness (QED) is 0.874. The third kappa shape index (κ3) is 3.97. The molecule has 2 rings (SSSR count). The average Bonchev–Trinajstić information content (AvgIpc) is 3.13. The predicted molar refractivity (Wildman–Crippen MR) is 84.2 cm³/mol. The van der Waals surface area contributed by atoms with E-state index in [1.807, 2.05) is 16.3 Å². The van der Waals surface area contributed by atoms with Crippen molar-refractivity contribution in [2.45, 2.75) is 38.6 Å².